The first kappa shape index (κ1) is 18.1. The van der Waals surface area contributed by atoms with E-state index in [1.165, 1.54) is 0 Å². The Bertz CT molecular complexity index is 683. The summed E-state index contributed by atoms with van der Waals surface area (Å²) in [5.74, 6) is -0.613. The van der Waals surface area contributed by atoms with E-state index in [0.29, 0.717) is 26.1 Å². The van der Waals surface area contributed by atoms with Gasteiger partial charge in [0.2, 0.25) is 11.8 Å². The molecule has 25 heavy (non-hydrogen) atoms. The molecule has 1 aromatic carbocycles. The van der Waals surface area contributed by atoms with E-state index < -0.39 is 5.92 Å². The van der Waals surface area contributed by atoms with Crippen LogP contribution >= 0.6 is 15.9 Å². The molecule has 2 heterocycles. The summed E-state index contributed by atoms with van der Waals surface area (Å²) in [6.07, 6.45) is 2.48. The van der Waals surface area contributed by atoms with Gasteiger partial charge in [-0.1, -0.05) is 22.0 Å². The first-order valence-electron chi connectivity index (χ1n) is 8.71. The molecule has 1 aromatic rings. The molecule has 2 saturated heterocycles. The van der Waals surface area contributed by atoms with Crippen LogP contribution in [0.1, 0.15) is 12.0 Å². The number of nitrogens with zero attached hydrogens (tertiary/aromatic N) is 3. The Balaban J connectivity index is 1.65. The lowest BCUT2D eigenvalue weighted by molar-refractivity contribution is -0.141. The van der Waals surface area contributed by atoms with Gasteiger partial charge < -0.3 is 9.80 Å². The van der Waals surface area contributed by atoms with Gasteiger partial charge in [0, 0.05) is 49.4 Å². The van der Waals surface area contributed by atoms with Crippen LogP contribution in [0.3, 0.4) is 0 Å². The van der Waals surface area contributed by atoms with E-state index in [1.807, 2.05) is 36.1 Å². The number of benzene rings is 1. The molecular weight excluding hydrogens is 382 g/mol. The number of rotatable bonds is 4. The lowest BCUT2D eigenvalue weighted by Gasteiger charge is -2.35. The molecule has 1 unspecified atom stereocenters. The van der Waals surface area contributed by atoms with Crippen molar-refractivity contribution in [3.63, 3.8) is 0 Å². The number of aryl methyl sites for hydroxylation is 1. The van der Waals surface area contributed by atoms with Crippen molar-refractivity contribution in [3.05, 3.63) is 40.9 Å². The standard InChI is InChI=1S/C19H24BrN3O2/c1-3-7-21-9-11-22(12-10-21)18(24)16-6-8-23(19(16)25)17-5-4-15(20)13-14(17)2/h3-5,13,16H,1,6-12H2,2H3. The fourth-order valence-electron chi connectivity index (χ4n) is 3.62. The largest absolute Gasteiger partial charge is 0.339 e. The lowest BCUT2D eigenvalue weighted by Crippen LogP contribution is -2.51. The molecule has 134 valence electrons. The van der Waals surface area contributed by atoms with Crippen molar-refractivity contribution >= 4 is 33.4 Å². The number of hydrogen-bond acceptors (Lipinski definition) is 3. The molecule has 2 aliphatic rings. The number of carbonyl (C=O) groups is 2. The molecule has 1 atom stereocenters. The molecule has 3 rings (SSSR count). The van der Waals surface area contributed by atoms with Crippen LogP contribution < -0.4 is 4.90 Å². The zero-order valence-corrected chi connectivity index (χ0v) is 16.2. The predicted molar refractivity (Wildman–Crippen MR) is 103 cm³/mol. The highest BCUT2D eigenvalue weighted by Gasteiger charge is 2.40. The number of anilines is 1. The number of carbonyl (C=O) groups excluding carboxylic acids is 2. The summed E-state index contributed by atoms with van der Waals surface area (Å²) in [7, 11) is 0. The predicted octanol–water partition coefficient (Wildman–Crippen LogP) is 2.44. The minimum atomic E-state index is -0.533. The van der Waals surface area contributed by atoms with Crippen LogP contribution in [0.15, 0.2) is 35.3 Å². The van der Waals surface area contributed by atoms with Crippen LogP contribution in [0, 0.1) is 12.8 Å². The summed E-state index contributed by atoms with van der Waals surface area (Å²) < 4.78 is 0.991. The number of piperazine rings is 1. The van der Waals surface area contributed by atoms with E-state index in [0.717, 1.165) is 35.4 Å². The summed E-state index contributed by atoms with van der Waals surface area (Å²) in [4.78, 5) is 31.5. The van der Waals surface area contributed by atoms with Crippen LogP contribution in [0.4, 0.5) is 5.69 Å². The van der Waals surface area contributed by atoms with Gasteiger partial charge >= 0.3 is 0 Å². The van der Waals surface area contributed by atoms with Crippen molar-refractivity contribution < 1.29 is 9.59 Å². The molecule has 0 bridgehead atoms. The molecule has 0 N–H and O–H groups in total. The van der Waals surface area contributed by atoms with Gasteiger partial charge in [-0.15, -0.1) is 6.58 Å². The Labute approximate surface area is 157 Å². The van der Waals surface area contributed by atoms with E-state index in [9.17, 15) is 9.59 Å². The van der Waals surface area contributed by atoms with E-state index in [1.54, 1.807) is 4.90 Å². The van der Waals surface area contributed by atoms with E-state index in [4.69, 9.17) is 0 Å². The molecule has 2 fully saturated rings. The molecule has 5 nitrogen and oxygen atoms in total. The number of amides is 2. The quantitative estimate of drug-likeness (QED) is 0.570. The van der Waals surface area contributed by atoms with Gasteiger partial charge in [0.1, 0.15) is 5.92 Å². The van der Waals surface area contributed by atoms with Crippen LogP contribution in [0.25, 0.3) is 0 Å². The molecule has 2 amide bonds. The molecule has 0 spiro atoms. The maximum absolute atomic E-state index is 12.8. The molecule has 0 aliphatic carbocycles. The average molecular weight is 406 g/mol. The summed E-state index contributed by atoms with van der Waals surface area (Å²) in [5, 5.41) is 0. The highest BCUT2D eigenvalue weighted by molar-refractivity contribution is 9.10. The second-order valence-electron chi connectivity index (χ2n) is 6.68. The Morgan fingerprint density at radius 1 is 1.28 bits per heavy atom. The Morgan fingerprint density at radius 2 is 2.00 bits per heavy atom. The molecule has 0 radical (unpaired) electrons. The number of hydrogen-bond donors (Lipinski definition) is 0. The van der Waals surface area contributed by atoms with Gasteiger partial charge in [-0.05, 0) is 37.1 Å². The van der Waals surface area contributed by atoms with Crippen molar-refractivity contribution in [1.82, 2.24) is 9.80 Å². The Kier molecular flexibility index (Phi) is 5.59. The summed E-state index contributed by atoms with van der Waals surface area (Å²) in [5.41, 5.74) is 1.94. The first-order valence-corrected chi connectivity index (χ1v) is 9.50. The third-order valence-corrected chi connectivity index (χ3v) is 5.52. The monoisotopic (exact) mass is 405 g/mol. The Hall–Kier alpha value is -1.66. The fourth-order valence-corrected chi connectivity index (χ4v) is 4.10. The normalized spacial score (nSPS) is 21.7. The molecule has 6 heteroatoms. The summed E-state index contributed by atoms with van der Waals surface area (Å²) in [6, 6.07) is 5.87. The summed E-state index contributed by atoms with van der Waals surface area (Å²) in [6.45, 7) is 10.3. The van der Waals surface area contributed by atoms with E-state index in [-0.39, 0.29) is 11.8 Å². The third kappa shape index (κ3) is 3.80. The van der Waals surface area contributed by atoms with Gasteiger partial charge in [0.25, 0.3) is 0 Å². The topological polar surface area (TPSA) is 43.9 Å². The van der Waals surface area contributed by atoms with Gasteiger partial charge in [0.05, 0.1) is 0 Å². The van der Waals surface area contributed by atoms with Crippen LogP contribution in [-0.4, -0.2) is 60.9 Å². The van der Waals surface area contributed by atoms with Gasteiger partial charge in [-0.25, -0.2) is 0 Å². The van der Waals surface area contributed by atoms with Crippen molar-refractivity contribution in [2.24, 2.45) is 5.92 Å². The fraction of sp³-hybridized carbons (Fsp3) is 0.474. The SMILES string of the molecule is C=CCN1CCN(C(=O)C2CCN(c3ccc(Br)cc3C)C2=O)CC1. The third-order valence-electron chi connectivity index (χ3n) is 5.02. The maximum Gasteiger partial charge on any atom is 0.239 e. The lowest BCUT2D eigenvalue weighted by atomic mass is 10.1. The van der Waals surface area contributed by atoms with E-state index in [2.05, 4.69) is 27.4 Å². The second-order valence-corrected chi connectivity index (χ2v) is 7.59. The minimum Gasteiger partial charge on any atom is -0.339 e. The second kappa shape index (κ2) is 7.70. The van der Waals surface area contributed by atoms with Gasteiger partial charge in [0.15, 0.2) is 0 Å². The van der Waals surface area contributed by atoms with Gasteiger partial charge in [-0.2, -0.15) is 0 Å². The molecule has 2 aliphatic heterocycles. The highest BCUT2D eigenvalue weighted by atomic mass is 79.9. The maximum atomic E-state index is 12.8. The first-order chi connectivity index (χ1) is 12.0. The van der Waals surface area contributed by atoms with E-state index >= 15 is 0 Å². The Morgan fingerprint density at radius 3 is 2.64 bits per heavy atom. The molecule has 0 aromatic heterocycles. The summed E-state index contributed by atoms with van der Waals surface area (Å²) >= 11 is 3.45. The van der Waals surface area contributed by atoms with Crippen molar-refractivity contribution in [2.45, 2.75) is 13.3 Å². The zero-order valence-electron chi connectivity index (χ0n) is 14.6. The molecular formula is C19H24BrN3O2. The van der Waals surface area contributed by atoms with Crippen LogP contribution in [-0.2, 0) is 9.59 Å². The average Bonchev–Trinajstić information content (AvgIpc) is 2.97. The number of halogens is 1. The van der Waals surface area contributed by atoms with Crippen molar-refractivity contribution in [2.75, 3.05) is 44.2 Å². The van der Waals surface area contributed by atoms with Crippen LogP contribution in [0.5, 0.6) is 0 Å². The smallest absolute Gasteiger partial charge is 0.239 e. The van der Waals surface area contributed by atoms with Crippen molar-refractivity contribution in [1.29, 1.82) is 0 Å². The highest BCUT2D eigenvalue weighted by Crippen LogP contribution is 2.30. The minimum absolute atomic E-state index is 0.0134. The van der Waals surface area contributed by atoms with Crippen molar-refractivity contribution in [3.8, 4) is 0 Å². The molecule has 0 saturated carbocycles. The van der Waals surface area contributed by atoms with Gasteiger partial charge in [-0.3, -0.25) is 14.5 Å². The zero-order chi connectivity index (χ0) is 18.0. The van der Waals surface area contributed by atoms with Crippen LogP contribution in [0.2, 0.25) is 0 Å².